The van der Waals surface area contributed by atoms with Gasteiger partial charge in [-0.05, 0) is 30.5 Å². The summed E-state index contributed by atoms with van der Waals surface area (Å²) in [5, 5.41) is 19.8. The quantitative estimate of drug-likeness (QED) is 0.739. The number of aliphatic hydroxyl groups excluding tert-OH is 2. The number of hydrogen-bond donors (Lipinski definition) is 3. The Balaban J connectivity index is 2.18. The molecule has 6 nitrogen and oxygen atoms in total. The van der Waals surface area contributed by atoms with Gasteiger partial charge in [0.15, 0.2) is 12.2 Å². The van der Waals surface area contributed by atoms with Crippen molar-refractivity contribution in [3.63, 3.8) is 0 Å². The van der Waals surface area contributed by atoms with E-state index in [1.165, 1.54) is 4.90 Å². The first-order valence-electron chi connectivity index (χ1n) is 6.63. The van der Waals surface area contributed by atoms with Crippen LogP contribution < -0.4 is 5.73 Å². The first kappa shape index (κ1) is 15.8. The summed E-state index contributed by atoms with van der Waals surface area (Å²) in [7, 11) is 0. The van der Waals surface area contributed by atoms with Gasteiger partial charge in [0.1, 0.15) is 0 Å². The highest BCUT2D eigenvalue weighted by atomic mass is 35.5. The Kier molecular flexibility index (Phi) is 4.82. The van der Waals surface area contributed by atoms with Gasteiger partial charge in [0.2, 0.25) is 5.91 Å². The highest BCUT2D eigenvalue weighted by Crippen LogP contribution is 2.33. The summed E-state index contributed by atoms with van der Waals surface area (Å²) < 4.78 is 0. The summed E-state index contributed by atoms with van der Waals surface area (Å²) in [6.07, 6.45) is -2.26. The van der Waals surface area contributed by atoms with Crippen LogP contribution in [0.2, 0.25) is 5.02 Å². The third-order valence-corrected chi connectivity index (χ3v) is 3.85. The summed E-state index contributed by atoms with van der Waals surface area (Å²) in [6, 6.07) is 6.89. The van der Waals surface area contributed by atoms with Crippen molar-refractivity contribution >= 4 is 23.4 Å². The van der Waals surface area contributed by atoms with Crippen molar-refractivity contribution in [1.29, 1.82) is 0 Å². The zero-order chi connectivity index (χ0) is 15.6. The molecule has 1 aromatic carbocycles. The molecule has 1 aliphatic rings. The van der Waals surface area contributed by atoms with E-state index in [4.69, 9.17) is 17.3 Å². The predicted molar refractivity (Wildman–Crippen MR) is 76.3 cm³/mol. The second-order valence-electron chi connectivity index (χ2n) is 5.04. The molecule has 7 heteroatoms. The van der Waals surface area contributed by atoms with Crippen LogP contribution in [0.15, 0.2) is 24.3 Å². The number of hydrogen-bond acceptors (Lipinski definition) is 4. The van der Waals surface area contributed by atoms with Gasteiger partial charge in [-0.3, -0.25) is 9.59 Å². The molecular formula is C14H17ClN2O4. The summed E-state index contributed by atoms with van der Waals surface area (Å²) in [6.45, 7) is 0.443. The van der Waals surface area contributed by atoms with Gasteiger partial charge in [-0.25, -0.2) is 0 Å². The van der Waals surface area contributed by atoms with Crippen molar-refractivity contribution in [2.75, 3.05) is 6.54 Å². The monoisotopic (exact) mass is 312 g/mol. The normalized spacial score (nSPS) is 21.1. The zero-order valence-corrected chi connectivity index (χ0v) is 12.0. The molecule has 1 aromatic rings. The Bertz CT molecular complexity index is 552. The van der Waals surface area contributed by atoms with Crippen molar-refractivity contribution < 1.29 is 19.8 Å². The number of amides is 2. The molecule has 1 saturated heterocycles. The number of carbonyl (C=O) groups excluding carboxylic acids is 2. The van der Waals surface area contributed by atoms with E-state index >= 15 is 0 Å². The fourth-order valence-electron chi connectivity index (χ4n) is 2.55. The second kappa shape index (κ2) is 6.43. The first-order chi connectivity index (χ1) is 9.91. The topological polar surface area (TPSA) is 104 Å². The lowest BCUT2D eigenvalue weighted by Crippen LogP contribution is -2.49. The van der Waals surface area contributed by atoms with Crippen molar-refractivity contribution in [3.05, 3.63) is 34.9 Å². The molecule has 0 saturated carbocycles. The van der Waals surface area contributed by atoms with Gasteiger partial charge in [0.05, 0.1) is 6.04 Å². The lowest BCUT2D eigenvalue weighted by atomic mass is 10.0. The van der Waals surface area contributed by atoms with Gasteiger partial charge < -0.3 is 20.8 Å². The number of halogens is 1. The SMILES string of the molecule is NC(=O)[C@H](O)[C@@H](O)C(=O)N1CCC[C@H]1c1cccc(Cl)c1. The van der Waals surface area contributed by atoms with Crippen LogP contribution in [0.4, 0.5) is 0 Å². The molecule has 1 heterocycles. The molecule has 2 rings (SSSR count). The standard InChI is InChI=1S/C14H17ClN2O4/c15-9-4-1-3-8(7-9)10-5-2-6-17(10)14(21)12(19)11(18)13(16)20/h1,3-4,7,10-12,18-19H,2,5-6H2,(H2,16,20)/t10-,11+,12+/m0/s1. The summed E-state index contributed by atoms with van der Waals surface area (Å²) in [5.41, 5.74) is 5.76. The lowest BCUT2D eigenvalue weighted by molar-refractivity contribution is -0.152. The molecule has 0 aliphatic carbocycles. The summed E-state index contributed by atoms with van der Waals surface area (Å²) in [5.74, 6) is -1.84. The number of carbonyl (C=O) groups is 2. The van der Waals surface area contributed by atoms with E-state index in [1.807, 2.05) is 6.07 Å². The van der Waals surface area contributed by atoms with Crippen molar-refractivity contribution in [3.8, 4) is 0 Å². The largest absolute Gasteiger partial charge is 0.380 e. The average Bonchev–Trinajstić information content (AvgIpc) is 2.94. The number of nitrogens with two attached hydrogens (primary N) is 1. The number of aliphatic hydroxyl groups is 2. The van der Waals surface area contributed by atoms with E-state index in [1.54, 1.807) is 18.2 Å². The minimum absolute atomic E-state index is 0.231. The van der Waals surface area contributed by atoms with Crippen LogP contribution in [0, 0.1) is 0 Å². The number of nitrogens with zero attached hydrogens (tertiary/aromatic N) is 1. The molecule has 0 spiro atoms. The Labute approximate surface area is 127 Å². The van der Waals surface area contributed by atoms with Gasteiger partial charge in [-0.15, -0.1) is 0 Å². The van der Waals surface area contributed by atoms with Crippen LogP contribution in [0.5, 0.6) is 0 Å². The third-order valence-electron chi connectivity index (χ3n) is 3.61. The maximum absolute atomic E-state index is 12.2. The van der Waals surface area contributed by atoms with E-state index in [9.17, 15) is 19.8 Å². The second-order valence-corrected chi connectivity index (χ2v) is 5.47. The van der Waals surface area contributed by atoms with Crippen molar-refractivity contribution in [1.82, 2.24) is 4.90 Å². The van der Waals surface area contributed by atoms with E-state index in [-0.39, 0.29) is 6.04 Å². The van der Waals surface area contributed by atoms with Crippen molar-refractivity contribution in [2.24, 2.45) is 5.73 Å². The molecular weight excluding hydrogens is 296 g/mol. The van der Waals surface area contributed by atoms with Gasteiger partial charge in [-0.2, -0.15) is 0 Å². The highest BCUT2D eigenvalue weighted by Gasteiger charge is 2.37. The molecule has 4 N–H and O–H groups in total. The Hall–Kier alpha value is -1.63. The molecule has 0 bridgehead atoms. The molecule has 0 radical (unpaired) electrons. The van der Waals surface area contributed by atoms with Gasteiger partial charge in [0.25, 0.3) is 5.91 Å². The predicted octanol–water partition coefficient (Wildman–Crippen LogP) is 0.211. The van der Waals surface area contributed by atoms with E-state index < -0.39 is 24.0 Å². The Morgan fingerprint density at radius 1 is 1.33 bits per heavy atom. The van der Waals surface area contributed by atoms with Crippen LogP contribution in [0.1, 0.15) is 24.4 Å². The average molecular weight is 313 g/mol. The first-order valence-corrected chi connectivity index (χ1v) is 7.01. The number of likely N-dealkylation sites (tertiary alicyclic amines) is 1. The van der Waals surface area contributed by atoms with E-state index in [2.05, 4.69) is 0 Å². The molecule has 1 aliphatic heterocycles. The van der Waals surface area contributed by atoms with Crippen LogP contribution >= 0.6 is 11.6 Å². The maximum atomic E-state index is 12.2. The number of rotatable bonds is 4. The maximum Gasteiger partial charge on any atom is 0.255 e. The molecule has 2 amide bonds. The molecule has 3 atom stereocenters. The van der Waals surface area contributed by atoms with Crippen LogP contribution in [0.3, 0.4) is 0 Å². The molecule has 0 aromatic heterocycles. The third kappa shape index (κ3) is 3.34. The van der Waals surface area contributed by atoms with Crippen LogP contribution in [0.25, 0.3) is 0 Å². The summed E-state index contributed by atoms with van der Waals surface area (Å²) >= 11 is 5.95. The molecule has 21 heavy (non-hydrogen) atoms. The van der Waals surface area contributed by atoms with Gasteiger partial charge >= 0.3 is 0 Å². The zero-order valence-electron chi connectivity index (χ0n) is 11.3. The van der Waals surface area contributed by atoms with E-state index in [0.29, 0.717) is 11.6 Å². The van der Waals surface area contributed by atoms with E-state index in [0.717, 1.165) is 18.4 Å². The highest BCUT2D eigenvalue weighted by molar-refractivity contribution is 6.30. The Morgan fingerprint density at radius 2 is 2.05 bits per heavy atom. The minimum Gasteiger partial charge on any atom is -0.380 e. The number of primary amides is 1. The smallest absolute Gasteiger partial charge is 0.255 e. The molecule has 1 fully saturated rings. The lowest BCUT2D eigenvalue weighted by Gasteiger charge is -2.28. The number of benzene rings is 1. The van der Waals surface area contributed by atoms with Crippen molar-refractivity contribution in [2.45, 2.75) is 31.1 Å². The van der Waals surface area contributed by atoms with Gasteiger partial charge in [0, 0.05) is 11.6 Å². The minimum atomic E-state index is -1.90. The van der Waals surface area contributed by atoms with Crippen LogP contribution in [-0.4, -0.2) is 45.7 Å². The Morgan fingerprint density at radius 3 is 2.67 bits per heavy atom. The molecule has 114 valence electrons. The fraction of sp³-hybridized carbons (Fsp3) is 0.429. The summed E-state index contributed by atoms with van der Waals surface area (Å²) in [4.78, 5) is 24.6. The fourth-order valence-corrected chi connectivity index (χ4v) is 2.75. The van der Waals surface area contributed by atoms with Gasteiger partial charge in [-0.1, -0.05) is 23.7 Å². The van der Waals surface area contributed by atoms with Crippen LogP contribution in [-0.2, 0) is 9.59 Å². The molecule has 0 unspecified atom stereocenters.